The van der Waals surface area contributed by atoms with Crippen molar-refractivity contribution in [1.82, 2.24) is 0 Å². The summed E-state index contributed by atoms with van der Waals surface area (Å²) >= 11 is -0.0634. The standard InChI is InChI=1S/C23H27F3O2S/c24-23(25,26)29-21-14-8-10-18(17-21)9-4-2-1-3-5-11-19-12-6-7-13-20(19)15-16-22(27)28/h6-8,10,12-14,17H,1-5,9,11,15-16H2,(H,27,28). The maximum absolute atomic E-state index is 12.5. The molecule has 6 heteroatoms. The molecule has 0 aromatic heterocycles. The largest absolute Gasteiger partial charge is 0.481 e. The molecule has 0 aliphatic heterocycles. The van der Waals surface area contributed by atoms with Crippen LogP contribution in [0.2, 0.25) is 0 Å². The number of hydrogen-bond acceptors (Lipinski definition) is 2. The maximum Gasteiger partial charge on any atom is 0.446 e. The van der Waals surface area contributed by atoms with Crippen LogP contribution in [0, 0.1) is 0 Å². The number of halogens is 3. The Morgan fingerprint density at radius 3 is 2.10 bits per heavy atom. The monoisotopic (exact) mass is 424 g/mol. The van der Waals surface area contributed by atoms with Crippen LogP contribution in [0.4, 0.5) is 13.2 Å². The molecule has 2 nitrogen and oxygen atoms in total. The first-order valence-electron chi connectivity index (χ1n) is 9.97. The van der Waals surface area contributed by atoms with Gasteiger partial charge < -0.3 is 5.11 Å². The van der Waals surface area contributed by atoms with E-state index in [1.165, 1.54) is 11.6 Å². The Bertz CT molecular complexity index is 775. The van der Waals surface area contributed by atoms with Gasteiger partial charge in [0.2, 0.25) is 0 Å². The van der Waals surface area contributed by atoms with Crippen LogP contribution in [-0.2, 0) is 24.1 Å². The molecule has 2 aromatic rings. The lowest BCUT2D eigenvalue weighted by atomic mass is 9.97. The maximum atomic E-state index is 12.5. The van der Waals surface area contributed by atoms with Crippen molar-refractivity contribution in [2.24, 2.45) is 0 Å². The van der Waals surface area contributed by atoms with Crippen molar-refractivity contribution in [2.75, 3.05) is 0 Å². The van der Waals surface area contributed by atoms with Crippen molar-refractivity contribution in [3.8, 4) is 0 Å². The second kappa shape index (κ2) is 11.9. The molecule has 0 amide bonds. The molecule has 0 bridgehead atoms. The van der Waals surface area contributed by atoms with E-state index in [0.717, 1.165) is 56.1 Å². The number of aliphatic carboxylic acids is 1. The number of carbonyl (C=O) groups is 1. The summed E-state index contributed by atoms with van der Waals surface area (Å²) in [5, 5.41) is 8.86. The molecule has 158 valence electrons. The molecular weight excluding hydrogens is 397 g/mol. The molecule has 0 saturated carbocycles. The van der Waals surface area contributed by atoms with Gasteiger partial charge in [-0.25, -0.2) is 0 Å². The first kappa shape index (κ1) is 23.3. The molecule has 29 heavy (non-hydrogen) atoms. The van der Waals surface area contributed by atoms with Gasteiger partial charge in [-0.2, -0.15) is 13.2 Å². The molecule has 0 heterocycles. The summed E-state index contributed by atoms with van der Waals surface area (Å²) in [6, 6.07) is 14.7. The van der Waals surface area contributed by atoms with Gasteiger partial charge in [0, 0.05) is 11.3 Å². The third kappa shape index (κ3) is 9.88. The van der Waals surface area contributed by atoms with Crippen LogP contribution in [0.1, 0.15) is 55.2 Å². The average molecular weight is 425 g/mol. The van der Waals surface area contributed by atoms with Gasteiger partial charge in [0.1, 0.15) is 0 Å². The number of alkyl halides is 3. The van der Waals surface area contributed by atoms with Crippen LogP contribution in [0.15, 0.2) is 53.4 Å². The highest BCUT2D eigenvalue weighted by Gasteiger charge is 2.29. The lowest BCUT2D eigenvalue weighted by Gasteiger charge is -2.09. The summed E-state index contributed by atoms with van der Waals surface area (Å²) in [5.74, 6) is -0.776. The van der Waals surface area contributed by atoms with Gasteiger partial charge in [0.15, 0.2) is 0 Å². The van der Waals surface area contributed by atoms with Crippen LogP contribution < -0.4 is 0 Å². The van der Waals surface area contributed by atoms with Crippen LogP contribution in [0.3, 0.4) is 0 Å². The van der Waals surface area contributed by atoms with E-state index in [1.54, 1.807) is 12.1 Å². The van der Waals surface area contributed by atoms with Crippen LogP contribution in [0.25, 0.3) is 0 Å². The minimum atomic E-state index is -4.25. The fourth-order valence-electron chi connectivity index (χ4n) is 3.36. The van der Waals surface area contributed by atoms with Gasteiger partial charge in [-0.15, -0.1) is 0 Å². The number of carboxylic acids is 1. The smallest absolute Gasteiger partial charge is 0.446 e. The van der Waals surface area contributed by atoms with Crippen molar-refractivity contribution in [1.29, 1.82) is 0 Å². The zero-order chi connectivity index (χ0) is 21.1. The number of benzene rings is 2. The van der Waals surface area contributed by atoms with Gasteiger partial charge >= 0.3 is 11.5 Å². The van der Waals surface area contributed by atoms with Crippen molar-refractivity contribution in [3.05, 3.63) is 65.2 Å². The molecule has 0 aliphatic rings. The molecule has 0 fully saturated rings. The van der Waals surface area contributed by atoms with Crippen LogP contribution in [-0.4, -0.2) is 16.6 Å². The van der Waals surface area contributed by atoms with E-state index in [0.29, 0.717) is 6.42 Å². The summed E-state index contributed by atoms with van der Waals surface area (Å²) in [5.41, 5.74) is -0.948. The van der Waals surface area contributed by atoms with E-state index in [4.69, 9.17) is 5.11 Å². The fourth-order valence-corrected chi connectivity index (χ4v) is 3.98. The highest BCUT2D eigenvalue weighted by molar-refractivity contribution is 8.00. The number of rotatable bonds is 12. The Labute approximate surface area is 174 Å². The molecule has 0 atom stereocenters. The zero-order valence-electron chi connectivity index (χ0n) is 16.4. The highest BCUT2D eigenvalue weighted by Crippen LogP contribution is 2.37. The Hall–Kier alpha value is -1.95. The predicted molar refractivity (Wildman–Crippen MR) is 111 cm³/mol. The SMILES string of the molecule is O=C(O)CCc1ccccc1CCCCCCCc1cccc(SC(F)(F)F)c1. The van der Waals surface area contributed by atoms with Crippen LogP contribution >= 0.6 is 11.8 Å². The molecule has 1 N–H and O–H groups in total. The van der Waals surface area contributed by atoms with E-state index in [-0.39, 0.29) is 23.1 Å². The van der Waals surface area contributed by atoms with Crippen molar-refractivity contribution >= 4 is 17.7 Å². The van der Waals surface area contributed by atoms with Crippen LogP contribution in [0.5, 0.6) is 0 Å². The molecule has 0 radical (unpaired) electrons. The van der Waals surface area contributed by atoms with Gasteiger partial charge in [-0.3, -0.25) is 4.79 Å². The molecular formula is C23H27F3O2S. The third-order valence-electron chi connectivity index (χ3n) is 4.77. The summed E-state index contributed by atoms with van der Waals surface area (Å²) in [4.78, 5) is 11.0. The topological polar surface area (TPSA) is 37.3 Å². The molecule has 2 rings (SSSR count). The normalized spacial score (nSPS) is 11.6. The number of carboxylic acid groups (broad SMARTS) is 1. The molecule has 0 unspecified atom stereocenters. The van der Waals surface area contributed by atoms with Gasteiger partial charge in [-0.05, 0) is 72.7 Å². The number of aryl methyl sites for hydroxylation is 3. The predicted octanol–water partition coefficient (Wildman–Crippen LogP) is 7.05. The van der Waals surface area contributed by atoms with Gasteiger partial charge in [0.25, 0.3) is 0 Å². The molecule has 0 saturated heterocycles. The second-order valence-corrected chi connectivity index (χ2v) is 8.26. The van der Waals surface area contributed by atoms with E-state index in [9.17, 15) is 18.0 Å². The summed E-state index contributed by atoms with van der Waals surface area (Å²) in [6.07, 6.45) is 7.73. The summed E-state index contributed by atoms with van der Waals surface area (Å²) in [6.45, 7) is 0. The summed E-state index contributed by atoms with van der Waals surface area (Å²) < 4.78 is 37.4. The fraction of sp³-hybridized carbons (Fsp3) is 0.435. The van der Waals surface area contributed by atoms with Crippen molar-refractivity contribution in [2.45, 2.75) is 68.2 Å². The Morgan fingerprint density at radius 2 is 1.45 bits per heavy atom. The van der Waals surface area contributed by atoms with Gasteiger partial charge in [-0.1, -0.05) is 55.7 Å². The molecule has 0 spiro atoms. The number of hydrogen-bond donors (Lipinski definition) is 1. The quantitative estimate of drug-likeness (QED) is 0.293. The van der Waals surface area contributed by atoms with Gasteiger partial charge in [0.05, 0.1) is 0 Å². The summed E-state index contributed by atoms with van der Waals surface area (Å²) in [7, 11) is 0. The van der Waals surface area contributed by atoms with E-state index < -0.39 is 11.5 Å². The first-order chi connectivity index (χ1) is 13.8. The zero-order valence-corrected chi connectivity index (χ0v) is 17.2. The molecule has 2 aromatic carbocycles. The van der Waals surface area contributed by atoms with E-state index >= 15 is 0 Å². The number of thioether (sulfide) groups is 1. The highest BCUT2D eigenvalue weighted by atomic mass is 32.2. The Kier molecular flexibility index (Phi) is 9.58. The Morgan fingerprint density at radius 1 is 0.828 bits per heavy atom. The number of unbranched alkanes of at least 4 members (excludes halogenated alkanes) is 4. The second-order valence-electron chi connectivity index (χ2n) is 7.13. The Balaban J connectivity index is 1.65. The lowest BCUT2D eigenvalue weighted by molar-refractivity contribution is -0.136. The minimum Gasteiger partial charge on any atom is -0.481 e. The van der Waals surface area contributed by atoms with E-state index in [2.05, 4.69) is 6.07 Å². The molecule has 0 aliphatic carbocycles. The minimum absolute atomic E-state index is 0.0634. The third-order valence-corrected chi connectivity index (χ3v) is 5.49. The first-order valence-corrected chi connectivity index (χ1v) is 10.8. The average Bonchev–Trinajstić information content (AvgIpc) is 2.65. The lowest BCUT2D eigenvalue weighted by Crippen LogP contribution is -2.00. The van der Waals surface area contributed by atoms with Crippen molar-refractivity contribution in [3.63, 3.8) is 0 Å². The van der Waals surface area contributed by atoms with E-state index in [1.807, 2.05) is 24.3 Å². The van der Waals surface area contributed by atoms with Crippen molar-refractivity contribution < 1.29 is 23.1 Å².